The minimum absolute atomic E-state index is 0.233. The first-order chi connectivity index (χ1) is 12.3. The van der Waals surface area contributed by atoms with Gasteiger partial charge in [-0.1, -0.05) is 0 Å². The van der Waals surface area contributed by atoms with Gasteiger partial charge in [0.25, 0.3) is 0 Å². The molecule has 7 nitrogen and oxygen atoms in total. The summed E-state index contributed by atoms with van der Waals surface area (Å²) in [5.74, 6) is 1.45. The van der Waals surface area contributed by atoms with E-state index in [1.807, 2.05) is 22.7 Å². The molecule has 146 valence electrons. The Morgan fingerprint density at radius 1 is 1.12 bits per heavy atom. The number of aromatic nitrogens is 2. The normalized spacial score (nSPS) is 21.2. The number of rotatable bonds is 5. The number of aryl methyl sites for hydroxylation is 2. The average Bonchev–Trinajstić information content (AvgIpc) is 3.04. The van der Waals surface area contributed by atoms with Crippen molar-refractivity contribution in [2.24, 2.45) is 18.9 Å². The highest BCUT2D eigenvalue weighted by Gasteiger charge is 2.32. The van der Waals surface area contributed by atoms with Crippen LogP contribution in [0.15, 0.2) is 12.3 Å². The van der Waals surface area contributed by atoms with Gasteiger partial charge in [-0.15, -0.1) is 0 Å². The van der Waals surface area contributed by atoms with Crippen LogP contribution in [0.5, 0.6) is 0 Å². The first-order valence-corrected chi connectivity index (χ1v) is 11.4. The van der Waals surface area contributed by atoms with Gasteiger partial charge in [0.05, 0.1) is 6.26 Å². The van der Waals surface area contributed by atoms with Crippen molar-refractivity contribution in [3.63, 3.8) is 0 Å². The Morgan fingerprint density at radius 2 is 1.69 bits per heavy atom. The molecule has 2 saturated heterocycles. The predicted molar refractivity (Wildman–Crippen MR) is 100.0 cm³/mol. The lowest BCUT2D eigenvalue weighted by Gasteiger charge is -2.39. The third kappa shape index (κ3) is 4.65. The summed E-state index contributed by atoms with van der Waals surface area (Å²) in [4.78, 5) is 14.5. The Bertz CT molecular complexity index is 715. The van der Waals surface area contributed by atoms with Crippen LogP contribution in [0.1, 0.15) is 37.8 Å². The fraction of sp³-hybridized carbons (Fsp3) is 0.778. The predicted octanol–water partition coefficient (Wildman–Crippen LogP) is 1.26. The SMILES string of the molecule is Cn1nccc1CCC(=O)N1CCC(C2CCN(S(C)(=O)=O)CC2)CC1. The monoisotopic (exact) mass is 382 g/mol. The van der Waals surface area contributed by atoms with E-state index in [1.165, 1.54) is 6.26 Å². The summed E-state index contributed by atoms with van der Waals surface area (Å²) in [5.41, 5.74) is 1.09. The van der Waals surface area contributed by atoms with Gasteiger partial charge in [0.1, 0.15) is 0 Å². The van der Waals surface area contributed by atoms with Gasteiger partial charge >= 0.3 is 0 Å². The van der Waals surface area contributed by atoms with Gasteiger partial charge in [-0.25, -0.2) is 12.7 Å². The molecule has 1 amide bonds. The number of amides is 1. The van der Waals surface area contributed by atoms with Crippen LogP contribution >= 0.6 is 0 Å². The molecule has 3 heterocycles. The van der Waals surface area contributed by atoms with E-state index in [0.29, 0.717) is 31.3 Å². The Balaban J connectivity index is 1.41. The van der Waals surface area contributed by atoms with E-state index in [0.717, 1.165) is 50.9 Å². The molecule has 0 radical (unpaired) electrons. The summed E-state index contributed by atoms with van der Waals surface area (Å²) in [5, 5.41) is 4.14. The first-order valence-electron chi connectivity index (χ1n) is 9.54. The van der Waals surface area contributed by atoms with Crippen molar-refractivity contribution in [3.8, 4) is 0 Å². The van der Waals surface area contributed by atoms with Gasteiger partial charge in [0.2, 0.25) is 15.9 Å². The largest absolute Gasteiger partial charge is 0.343 e. The molecule has 0 bridgehead atoms. The van der Waals surface area contributed by atoms with E-state index in [4.69, 9.17) is 0 Å². The van der Waals surface area contributed by atoms with E-state index in [1.54, 1.807) is 10.5 Å². The molecule has 0 spiro atoms. The molecule has 2 aliphatic heterocycles. The van der Waals surface area contributed by atoms with Crippen LogP contribution in [0.4, 0.5) is 0 Å². The van der Waals surface area contributed by atoms with Gasteiger partial charge in [-0.05, 0) is 50.0 Å². The Kier molecular flexibility index (Phi) is 6.02. The topological polar surface area (TPSA) is 75.5 Å². The van der Waals surface area contributed by atoms with Crippen LogP contribution < -0.4 is 0 Å². The van der Waals surface area contributed by atoms with Crippen LogP contribution in [0.2, 0.25) is 0 Å². The van der Waals surface area contributed by atoms with Crippen LogP contribution in [0.3, 0.4) is 0 Å². The second-order valence-electron chi connectivity index (χ2n) is 7.66. The lowest BCUT2D eigenvalue weighted by atomic mass is 9.79. The molecule has 1 aromatic rings. The molecular weight excluding hydrogens is 352 g/mol. The second kappa shape index (κ2) is 8.08. The molecule has 0 atom stereocenters. The highest BCUT2D eigenvalue weighted by atomic mass is 32.2. The molecule has 2 fully saturated rings. The number of hydrogen-bond donors (Lipinski definition) is 0. The summed E-state index contributed by atoms with van der Waals surface area (Å²) in [6.45, 7) is 2.96. The van der Waals surface area contributed by atoms with E-state index in [-0.39, 0.29) is 5.91 Å². The summed E-state index contributed by atoms with van der Waals surface area (Å²) < 4.78 is 26.7. The summed E-state index contributed by atoms with van der Waals surface area (Å²) in [6, 6.07) is 1.96. The highest BCUT2D eigenvalue weighted by molar-refractivity contribution is 7.88. The summed E-state index contributed by atoms with van der Waals surface area (Å²) in [7, 11) is -1.15. The van der Waals surface area contributed by atoms with Crippen LogP contribution in [-0.4, -0.2) is 65.7 Å². The van der Waals surface area contributed by atoms with Gasteiger partial charge in [0.15, 0.2) is 0 Å². The van der Waals surface area contributed by atoms with Gasteiger partial charge in [0, 0.05) is 51.5 Å². The maximum absolute atomic E-state index is 12.5. The van der Waals surface area contributed by atoms with Crippen LogP contribution in [0.25, 0.3) is 0 Å². The summed E-state index contributed by atoms with van der Waals surface area (Å²) in [6.07, 6.45) is 8.32. The van der Waals surface area contributed by atoms with Crippen LogP contribution in [0, 0.1) is 11.8 Å². The molecule has 3 rings (SSSR count). The number of nitrogens with zero attached hydrogens (tertiary/aromatic N) is 4. The second-order valence-corrected chi connectivity index (χ2v) is 9.65. The molecular formula is C18H30N4O3S. The number of sulfonamides is 1. The third-order valence-corrected chi connectivity index (χ3v) is 7.35. The highest BCUT2D eigenvalue weighted by Crippen LogP contribution is 2.33. The quantitative estimate of drug-likeness (QED) is 0.768. The van der Waals surface area contributed by atoms with E-state index in [2.05, 4.69) is 5.10 Å². The zero-order valence-electron chi connectivity index (χ0n) is 15.8. The number of hydrogen-bond acceptors (Lipinski definition) is 4. The van der Waals surface area contributed by atoms with Crippen molar-refractivity contribution >= 4 is 15.9 Å². The lowest BCUT2D eigenvalue weighted by Crippen LogP contribution is -2.43. The number of carbonyl (C=O) groups is 1. The van der Waals surface area contributed by atoms with Gasteiger partial charge in [-0.2, -0.15) is 5.10 Å². The smallest absolute Gasteiger partial charge is 0.222 e. The minimum Gasteiger partial charge on any atom is -0.343 e. The molecule has 26 heavy (non-hydrogen) atoms. The summed E-state index contributed by atoms with van der Waals surface area (Å²) >= 11 is 0. The average molecular weight is 383 g/mol. The molecule has 0 aromatic carbocycles. The van der Waals surface area contributed by atoms with Crippen molar-refractivity contribution in [2.45, 2.75) is 38.5 Å². The Labute approximate surface area is 156 Å². The standard InChI is InChI=1S/C18H30N4O3S/c1-20-17(5-10-19-20)3-4-18(23)21-11-6-15(7-12-21)16-8-13-22(14-9-16)26(2,24)25/h5,10,15-16H,3-4,6-9,11-14H2,1-2H3. The molecule has 0 unspecified atom stereocenters. The molecule has 8 heteroatoms. The van der Waals surface area contributed by atoms with Gasteiger partial charge < -0.3 is 4.90 Å². The number of carbonyl (C=O) groups excluding carboxylic acids is 1. The van der Waals surface area contributed by atoms with E-state index >= 15 is 0 Å². The van der Waals surface area contributed by atoms with Crippen LogP contribution in [-0.2, 0) is 28.3 Å². The molecule has 1 aromatic heterocycles. The minimum atomic E-state index is -3.05. The first kappa shape index (κ1) is 19.4. The van der Waals surface area contributed by atoms with Crippen molar-refractivity contribution in [3.05, 3.63) is 18.0 Å². The van der Waals surface area contributed by atoms with E-state index < -0.39 is 10.0 Å². The van der Waals surface area contributed by atoms with E-state index in [9.17, 15) is 13.2 Å². The fourth-order valence-electron chi connectivity index (χ4n) is 4.34. The van der Waals surface area contributed by atoms with Crippen molar-refractivity contribution in [2.75, 3.05) is 32.4 Å². The maximum Gasteiger partial charge on any atom is 0.222 e. The van der Waals surface area contributed by atoms with Gasteiger partial charge in [-0.3, -0.25) is 9.48 Å². The fourth-order valence-corrected chi connectivity index (χ4v) is 5.21. The van der Waals surface area contributed by atoms with Crippen molar-refractivity contribution in [1.29, 1.82) is 0 Å². The molecule has 0 saturated carbocycles. The third-order valence-electron chi connectivity index (χ3n) is 6.04. The molecule has 0 N–H and O–H groups in total. The zero-order chi connectivity index (χ0) is 18.7. The lowest BCUT2D eigenvalue weighted by molar-refractivity contribution is -0.132. The Hall–Kier alpha value is -1.41. The number of likely N-dealkylation sites (tertiary alicyclic amines) is 1. The number of piperidine rings is 2. The Morgan fingerprint density at radius 3 is 2.19 bits per heavy atom. The van der Waals surface area contributed by atoms with Crippen molar-refractivity contribution in [1.82, 2.24) is 19.0 Å². The molecule has 0 aliphatic carbocycles. The maximum atomic E-state index is 12.5. The zero-order valence-corrected chi connectivity index (χ0v) is 16.6. The van der Waals surface area contributed by atoms with Crippen molar-refractivity contribution < 1.29 is 13.2 Å². The molecule has 2 aliphatic rings.